The Hall–Kier alpha value is -2.64. The first kappa shape index (κ1) is 19.7. The van der Waals surface area contributed by atoms with E-state index in [9.17, 15) is 9.59 Å². The Kier molecular flexibility index (Phi) is 5.69. The summed E-state index contributed by atoms with van der Waals surface area (Å²) in [4.78, 5) is 26.9. The van der Waals surface area contributed by atoms with Crippen LogP contribution in [0, 0.1) is 5.92 Å². The lowest BCUT2D eigenvalue weighted by Gasteiger charge is -2.18. The first-order chi connectivity index (χ1) is 14.1. The molecule has 2 heterocycles. The monoisotopic (exact) mass is 455 g/mol. The summed E-state index contributed by atoms with van der Waals surface area (Å²) >= 11 is 3.48. The number of anilines is 2. The summed E-state index contributed by atoms with van der Waals surface area (Å²) < 4.78 is 8.11. The molecule has 2 aromatic carbocycles. The van der Waals surface area contributed by atoms with Gasteiger partial charge in [-0.1, -0.05) is 12.1 Å². The molecule has 150 valence electrons. The third-order valence-electron chi connectivity index (χ3n) is 5.21. The maximum absolute atomic E-state index is 12.8. The molecular formula is C22H22BrN3O3. The Bertz CT molecular complexity index is 1060. The molecule has 3 aromatic rings. The normalized spacial score (nSPS) is 16.6. The van der Waals surface area contributed by atoms with Gasteiger partial charge in [0.2, 0.25) is 11.8 Å². The van der Waals surface area contributed by atoms with Crippen molar-refractivity contribution in [1.29, 1.82) is 0 Å². The molecule has 6 nitrogen and oxygen atoms in total. The minimum atomic E-state index is -0.378. The lowest BCUT2D eigenvalue weighted by Crippen LogP contribution is -2.28. The quantitative estimate of drug-likeness (QED) is 0.609. The molecule has 1 aliphatic heterocycles. The highest BCUT2D eigenvalue weighted by Crippen LogP contribution is 2.32. The summed E-state index contributed by atoms with van der Waals surface area (Å²) in [5, 5.41) is 4.02. The van der Waals surface area contributed by atoms with Gasteiger partial charge < -0.3 is 19.5 Å². The third-order valence-corrected chi connectivity index (χ3v) is 5.88. The lowest BCUT2D eigenvalue weighted by atomic mass is 10.1. The van der Waals surface area contributed by atoms with E-state index in [2.05, 4.69) is 25.8 Å². The highest BCUT2D eigenvalue weighted by molar-refractivity contribution is 9.10. The van der Waals surface area contributed by atoms with Crippen molar-refractivity contribution in [1.82, 2.24) is 4.57 Å². The Morgan fingerprint density at radius 3 is 2.86 bits per heavy atom. The van der Waals surface area contributed by atoms with E-state index in [0.29, 0.717) is 13.2 Å². The first-order valence-corrected chi connectivity index (χ1v) is 10.3. The van der Waals surface area contributed by atoms with Gasteiger partial charge in [-0.05, 0) is 52.3 Å². The van der Waals surface area contributed by atoms with E-state index in [4.69, 9.17) is 4.74 Å². The van der Waals surface area contributed by atoms with Gasteiger partial charge in [0.15, 0.2) is 0 Å². The van der Waals surface area contributed by atoms with Crippen LogP contribution in [0.2, 0.25) is 0 Å². The molecule has 0 aliphatic carbocycles. The number of hydrogen-bond acceptors (Lipinski definition) is 3. The Morgan fingerprint density at radius 2 is 2.07 bits per heavy atom. The number of rotatable bonds is 6. The number of fused-ring (bicyclic) bond motifs is 1. The van der Waals surface area contributed by atoms with Gasteiger partial charge in [-0.2, -0.15) is 0 Å². The number of para-hydroxylation sites is 1. The largest absolute Gasteiger partial charge is 0.383 e. The molecule has 1 atom stereocenters. The van der Waals surface area contributed by atoms with Crippen LogP contribution < -0.4 is 10.2 Å². The van der Waals surface area contributed by atoms with Crippen molar-refractivity contribution in [3.8, 4) is 0 Å². The average Bonchev–Trinajstić information content (AvgIpc) is 3.30. The molecule has 1 fully saturated rings. The van der Waals surface area contributed by atoms with Crippen molar-refractivity contribution in [2.24, 2.45) is 5.92 Å². The summed E-state index contributed by atoms with van der Waals surface area (Å²) in [6, 6.07) is 15.4. The van der Waals surface area contributed by atoms with Gasteiger partial charge in [-0.3, -0.25) is 9.59 Å². The molecule has 1 aromatic heterocycles. The minimum absolute atomic E-state index is 0.0391. The van der Waals surface area contributed by atoms with Crippen molar-refractivity contribution in [2.45, 2.75) is 13.0 Å². The van der Waals surface area contributed by atoms with Crippen molar-refractivity contribution in [3.63, 3.8) is 0 Å². The SMILES string of the molecule is COCCn1ccc2cc(NC(=O)C3CC(=O)N(c4ccccc4Br)C3)ccc21. The molecule has 0 saturated carbocycles. The molecular weight excluding hydrogens is 434 g/mol. The molecule has 29 heavy (non-hydrogen) atoms. The van der Waals surface area contributed by atoms with Crippen LogP contribution in [0.5, 0.6) is 0 Å². The number of carbonyl (C=O) groups is 2. The second-order valence-electron chi connectivity index (χ2n) is 7.12. The highest BCUT2D eigenvalue weighted by Gasteiger charge is 2.35. The number of halogens is 1. The first-order valence-electron chi connectivity index (χ1n) is 9.50. The maximum atomic E-state index is 12.8. The zero-order valence-corrected chi connectivity index (χ0v) is 17.7. The Morgan fingerprint density at radius 1 is 1.24 bits per heavy atom. The summed E-state index contributed by atoms with van der Waals surface area (Å²) in [6.45, 7) is 1.80. The Labute approximate surface area is 177 Å². The van der Waals surface area contributed by atoms with Crippen molar-refractivity contribution < 1.29 is 14.3 Å². The Balaban J connectivity index is 1.45. The number of nitrogens with zero attached hydrogens (tertiary/aromatic N) is 2. The van der Waals surface area contributed by atoms with Crippen LogP contribution in [0.25, 0.3) is 10.9 Å². The smallest absolute Gasteiger partial charge is 0.229 e. The number of nitrogens with one attached hydrogen (secondary N) is 1. The van der Waals surface area contributed by atoms with E-state index in [-0.39, 0.29) is 24.2 Å². The molecule has 1 N–H and O–H groups in total. The van der Waals surface area contributed by atoms with Crippen LogP contribution >= 0.6 is 15.9 Å². The predicted octanol–water partition coefficient (Wildman–Crippen LogP) is 4.04. The van der Waals surface area contributed by atoms with E-state index in [1.54, 1.807) is 12.0 Å². The van der Waals surface area contributed by atoms with Crippen molar-refractivity contribution in [3.05, 3.63) is 59.2 Å². The molecule has 2 amide bonds. The van der Waals surface area contributed by atoms with Gasteiger partial charge in [-0.15, -0.1) is 0 Å². The standard InChI is InChI=1S/C22H22BrN3O3/c1-29-11-10-25-9-8-15-12-17(6-7-19(15)25)24-22(28)16-13-21(27)26(14-16)20-5-3-2-4-18(20)23/h2-9,12,16H,10-11,13-14H2,1H3,(H,24,28). The van der Waals surface area contributed by atoms with Gasteiger partial charge in [-0.25, -0.2) is 0 Å². The fourth-order valence-corrected chi connectivity index (χ4v) is 4.19. The number of methoxy groups -OCH3 is 1. The van der Waals surface area contributed by atoms with Gasteiger partial charge in [0.25, 0.3) is 0 Å². The molecule has 7 heteroatoms. The third kappa shape index (κ3) is 4.06. The van der Waals surface area contributed by atoms with Crippen LogP contribution in [0.1, 0.15) is 6.42 Å². The number of aromatic nitrogens is 1. The van der Waals surface area contributed by atoms with E-state index < -0.39 is 0 Å². The van der Waals surface area contributed by atoms with Crippen LogP contribution in [0.3, 0.4) is 0 Å². The number of benzene rings is 2. The maximum Gasteiger partial charge on any atom is 0.229 e. The number of carbonyl (C=O) groups excluding carboxylic acids is 2. The van der Waals surface area contributed by atoms with Gasteiger partial charge >= 0.3 is 0 Å². The highest BCUT2D eigenvalue weighted by atomic mass is 79.9. The van der Waals surface area contributed by atoms with Gasteiger partial charge in [0, 0.05) is 53.9 Å². The zero-order chi connectivity index (χ0) is 20.4. The van der Waals surface area contributed by atoms with Crippen LogP contribution in [-0.4, -0.2) is 36.6 Å². The summed E-state index contributed by atoms with van der Waals surface area (Å²) in [6.07, 6.45) is 2.23. The molecule has 4 rings (SSSR count). The number of hydrogen-bond donors (Lipinski definition) is 1. The molecule has 0 spiro atoms. The van der Waals surface area contributed by atoms with Gasteiger partial charge in [0.05, 0.1) is 18.2 Å². The van der Waals surface area contributed by atoms with E-state index in [1.807, 2.05) is 54.7 Å². The predicted molar refractivity (Wildman–Crippen MR) is 117 cm³/mol. The van der Waals surface area contributed by atoms with Crippen molar-refractivity contribution >= 4 is 50.0 Å². The fraction of sp³-hybridized carbons (Fsp3) is 0.273. The minimum Gasteiger partial charge on any atom is -0.383 e. The summed E-state index contributed by atoms with van der Waals surface area (Å²) in [5.74, 6) is -0.551. The number of amides is 2. The summed E-state index contributed by atoms with van der Waals surface area (Å²) in [7, 11) is 1.69. The van der Waals surface area contributed by atoms with E-state index >= 15 is 0 Å². The number of ether oxygens (including phenoxy) is 1. The molecule has 0 radical (unpaired) electrons. The van der Waals surface area contributed by atoms with Gasteiger partial charge in [0.1, 0.15) is 0 Å². The second-order valence-corrected chi connectivity index (χ2v) is 7.98. The van der Waals surface area contributed by atoms with Crippen LogP contribution in [0.15, 0.2) is 59.2 Å². The molecule has 0 bridgehead atoms. The van der Waals surface area contributed by atoms with Crippen molar-refractivity contribution in [2.75, 3.05) is 30.5 Å². The topological polar surface area (TPSA) is 63.6 Å². The molecule has 1 aliphatic rings. The second kappa shape index (κ2) is 8.39. The van der Waals surface area contributed by atoms with E-state index in [1.165, 1.54) is 0 Å². The zero-order valence-electron chi connectivity index (χ0n) is 16.1. The van der Waals surface area contributed by atoms with E-state index in [0.717, 1.165) is 33.3 Å². The van der Waals surface area contributed by atoms with Crippen LogP contribution in [-0.2, 0) is 20.9 Å². The molecule has 1 saturated heterocycles. The van der Waals surface area contributed by atoms with Crippen LogP contribution in [0.4, 0.5) is 11.4 Å². The fourth-order valence-electron chi connectivity index (χ4n) is 3.69. The summed E-state index contributed by atoms with van der Waals surface area (Å²) in [5.41, 5.74) is 2.63. The lowest BCUT2D eigenvalue weighted by molar-refractivity contribution is -0.122. The average molecular weight is 456 g/mol. The molecule has 1 unspecified atom stereocenters.